The number of esters is 1. The smallest absolute Gasteiger partial charge is 0.339 e. The van der Waals surface area contributed by atoms with Crippen LogP contribution in [0, 0.1) is 21.4 Å². The zero-order chi connectivity index (χ0) is 20.7. The van der Waals surface area contributed by atoms with Gasteiger partial charge < -0.3 is 14.8 Å². The van der Waals surface area contributed by atoms with Crippen LogP contribution in [0.5, 0.6) is 5.75 Å². The molecule has 9 heteroatoms. The maximum atomic E-state index is 12.2. The molecule has 2 aromatic carbocycles. The Morgan fingerprint density at radius 2 is 2.04 bits per heavy atom. The first kappa shape index (κ1) is 20.4. The predicted octanol–water partition coefficient (Wildman–Crippen LogP) is 3.05. The molecule has 9 nitrogen and oxygen atoms in total. The van der Waals surface area contributed by atoms with Gasteiger partial charge in [-0.3, -0.25) is 14.9 Å². The van der Waals surface area contributed by atoms with Gasteiger partial charge in [-0.1, -0.05) is 6.07 Å². The van der Waals surface area contributed by atoms with Crippen LogP contribution < -0.4 is 10.1 Å². The molecule has 0 spiro atoms. The van der Waals surface area contributed by atoms with Gasteiger partial charge in [0.2, 0.25) is 0 Å². The SMILES string of the molecule is CCOc1ccc(C(=O)O[C@@H](C)C(=O)Nc2cccc(C#N)c2)cc1[N+](=O)[O-]. The molecule has 0 aromatic heterocycles. The number of hydrogen-bond donors (Lipinski definition) is 1. The highest BCUT2D eigenvalue weighted by Crippen LogP contribution is 2.28. The van der Waals surface area contributed by atoms with Gasteiger partial charge >= 0.3 is 11.7 Å². The van der Waals surface area contributed by atoms with Crippen LogP contribution in [0.25, 0.3) is 0 Å². The van der Waals surface area contributed by atoms with Gasteiger partial charge in [0.1, 0.15) is 0 Å². The molecule has 2 rings (SSSR count). The number of rotatable bonds is 7. The normalized spacial score (nSPS) is 11.0. The number of anilines is 1. The van der Waals surface area contributed by atoms with E-state index >= 15 is 0 Å². The van der Waals surface area contributed by atoms with Crippen molar-refractivity contribution in [3.8, 4) is 11.8 Å². The van der Waals surface area contributed by atoms with Crippen LogP contribution >= 0.6 is 0 Å². The van der Waals surface area contributed by atoms with Crippen molar-refractivity contribution < 1.29 is 24.0 Å². The van der Waals surface area contributed by atoms with E-state index in [0.29, 0.717) is 11.3 Å². The number of nitro groups is 1. The minimum atomic E-state index is -1.16. The average molecular weight is 383 g/mol. The van der Waals surface area contributed by atoms with Crippen molar-refractivity contribution in [1.29, 1.82) is 5.26 Å². The fraction of sp³-hybridized carbons (Fsp3) is 0.211. The first-order valence-electron chi connectivity index (χ1n) is 8.29. The molecule has 0 heterocycles. The van der Waals surface area contributed by atoms with E-state index in [1.165, 1.54) is 25.1 Å². The molecule has 0 aliphatic heterocycles. The van der Waals surface area contributed by atoms with Crippen LogP contribution in [-0.4, -0.2) is 29.5 Å². The van der Waals surface area contributed by atoms with Gasteiger partial charge in [-0.2, -0.15) is 5.26 Å². The molecule has 1 atom stereocenters. The minimum absolute atomic E-state index is 0.0345. The summed E-state index contributed by atoms with van der Waals surface area (Å²) in [6.07, 6.45) is -1.16. The van der Waals surface area contributed by atoms with Gasteiger partial charge in [0.15, 0.2) is 11.9 Å². The maximum Gasteiger partial charge on any atom is 0.339 e. The van der Waals surface area contributed by atoms with E-state index in [2.05, 4.69) is 5.32 Å². The fourth-order valence-electron chi connectivity index (χ4n) is 2.26. The molecule has 0 bridgehead atoms. The molecule has 0 fully saturated rings. The Balaban J connectivity index is 2.08. The highest BCUT2D eigenvalue weighted by Gasteiger charge is 2.23. The van der Waals surface area contributed by atoms with E-state index in [1.807, 2.05) is 6.07 Å². The number of nitro benzene ring substituents is 1. The van der Waals surface area contributed by atoms with Gasteiger partial charge in [-0.05, 0) is 44.2 Å². The summed E-state index contributed by atoms with van der Waals surface area (Å²) in [6, 6.07) is 11.9. The first-order valence-corrected chi connectivity index (χ1v) is 8.29. The van der Waals surface area contributed by atoms with Crippen LogP contribution in [-0.2, 0) is 9.53 Å². The highest BCUT2D eigenvalue weighted by atomic mass is 16.6. The molecule has 144 valence electrons. The van der Waals surface area contributed by atoms with Crippen LogP contribution in [0.3, 0.4) is 0 Å². The summed E-state index contributed by atoms with van der Waals surface area (Å²) < 4.78 is 10.2. The van der Waals surface area contributed by atoms with E-state index in [9.17, 15) is 19.7 Å². The summed E-state index contributed by atoms with van der Waals surface area (Å²) in [7, 11) is 0. The third-order valence-electron chi connectivity index (χ3n) is 3.60. The summed E-state index contributed by atoms with van der Waals surface area (Å²) in [5, 5.41) is 22.6. The molecule has 0 radical (unpaired) electrons. The van der Waals surface area contributed by atoms with Crippen molar-refractivity contribution in [3.05, 3.63) is 63.7 Å². The molecule has 1 N–H and O–H groups in total. The van der Waals surface area contributed by atoms with Gasteiger partial charge in [0.25, 0.3) is 5.91 Å². The number of nitrogens with one attached hydrogen (secondary N) is 1. The Hall–Kier alpha value is -3.93. The van der Waals surface area contributed by atoms with E-state index in [4.69, 9.17) is 14.7 Å². The Morgan fingerprint density at radius 3 is 2.68 bits per heavy atom. The first-order chi connectivity index (χ1) is 13.3. The number of benzene rings is 2. The Labute approximate surface area is 160 Å². The van der Waals surface area contributed by atoms with E-state index in [-0.39, 0.29) is 23.6 Å². The summed E-state index contributed by atoms with van der Waals surface area (Å²) in [5.74, 6) is -1.46. The standard InChI is InChI=1S/C19H17N3O6/c1-3-27-17-8-7-14(10-16(17)22(25)26)19(24)28-12(2)18(23)21-15-6-4-5-13(9-15)11-20/h4-10,12H,3H2,1-2H3,(H,21,23)/t12-/m0/s1. The number of nitriles is 1. The zero-order valence-electron chi connectivity index (χ0n) is 15.2. The van der Waals surface area contributed by atoms with Crippen molar-refractivity contribution in [2.75, 3.05) is 11.9 Å². The highest BCUT2D eigenvalue weighted by molar-refractivity contribution is 5.97. The largest absolute Gasteiger partial charge is 0.487 e. The molecule has 1 amide bonds. The van der Waals surface area contributed by atoms with Crippen molar-refractivity contribution >= 4 is 23.3 Å². The summed E-state index contributed by atoms with van der Waals surface area (Å²) in [5.41, 5.74) is 0.288. The molecule has 0 saturated heterocycles. The van der Waals surface area contributed by atoms with Gasteiger partial charge in [0, 0.05) is 11.8 Å². The van der Waals surface area contributed by atoms with Gasteiger partial charge in [0.05, 0.1) is 28.7 Å². The number of carbonyl (C=O) groups is 2. The maximum absolute atomic E-state index is 12.2. The van der Waals surface area contributed by atoms with Crippen LogP contribution in [0.2, 0.25) is 0 Å². The molecule has 28 heavy (non-hydrogen) atoms. The molecular formula is C19H17N3O6. The van der Waals surface area contributed by atoms with E-state index in [0.717, 1.165) is 6.07 Å². The van der Waals surface area contributed by atoms with Crippen LogP contribution in [0.1, 0.15) is 29.8 Å². The summed E-state index contributed by atoms with van der Waals surface area (Å²) >= 11 is 0. The minimum Gasteiger partial charge on any atom is -0.487 e. The van der Waals surface area contributed by atoms with Gasteiger partial charge in [-0.25, -0.2) is 4.79 Å². The fourth-order valence-corrected chi connectivity index (χ4v) is 2.26. The second-order valence-corrected chi connectivity index (χ2v) is 5.60. The molecule has 0 saturated carbocycles. The van der Waals surface area contributed by atoms with Crippen LogP contribution in [0.15, 0.2) is 42.5 Å². The number of amides is 1. The lowest BCUT2D eigenvalue weighted by atomic mass is 10.2. The van der Waals surface area contributed by atoms with Crippen LogP contribution in [0.4, 0.5) is 11.4 Å². The monoisotopic (exact) mass is 383 g/mol. The second kappa shape index (κ2) is 9.14. The lowest BCUT2D eigenvalue weighted by Gasteiger charge is -2.14. The van der Waals surface area contributed by atoms with E-state index in [1.54, 1.807) is 25.1 Å². The van der Waals surface area contributed by atoms with Crippen molar-refractivity contribution in [2.24, 2.45) is 0 Å². The molecular weight excluding hydrogens is 366 g/mol. The van der Waals surface area contributed by atoms with E-state index < -0.39 is 22.9 Å². The molecule has 2 aromatic rings. The molecule has 0 unspecified atom stereocenters. The molecule has 0 aliphatic rings. The lowest BCUT2D eigenvalue weighted by molar-refractivity contribution is -0.385. The predicted molar refractivity (Wildman–Crippen MR) is 98.9 cm³/mol. The Bertz CT molecular complexity index is 951. The zero-order valence-corrected chi connectivity index (χ0v) is 15.2. The Morgan fingerprint density at radius 1 is 1.29 bits per heavy atom. The summed E-state index contributed by atoms with van der Waals surface area (Å²) in [4.78, 5) is 34.9. The number of ether oxygens (including phenoxy) is 2. The van der Waals surface area contributed by atoms with Crippen molar-refractivity contribution in [1.82, 2.24) is 0 Å². The lowest BCUT2D eigenvalue weighted by Crippen LogP contribution is -2.30. The Kier molecular flexibility index (Phi) is 6.65. The quantitative estimate of drug-likeness (QED) is 0.441. The third kappa shape index (κ3) is 5.04. The topological polar surface area (TPSA) is 132 Å². The number of carbonyl (C=O) groups excluding carboxylic acids is 2. The number of nitrogens with zero attached hydrogens (tertiary/aromatic N) is 2. The second-order valence-electron chi connectivity index (χ2n) is 5.60. The molecule has 0 aliphatic carbocycles. The average Bonchev–Trinajstić information content (AvgIpc) is 2.68. The van der Waals surface area contributed by atoms with Crippen molar-refractivity contribution in [2.45, 2.75) is 20.0 Å². The summed E-state index contributed by atoms with van der Waals surface area (Å²) in [6.45, 7) is 3.28. The third-order valence-corrected chi connectivity index (χ3v) is 3.60. The van der Waals surface area contributed by atoms with Gasteiger partial charge in [-0.15, -0.1) is 0 Å². The number of hydrogen-bond acceptors (Lipinski definition) is 7. The van der Waals surface area contributed by atoms with Crippen molar-refractivity contribution in [3.63, 3.8) is 0 Å².